The van der Waals surface area contributed by atoms with Gasteiger partial charge in [-0.2, -0.15) is 0 Å². The lowest BCUT2D eigenvalue weighted by atomic mass is 9.80. The van der Waals surface area contributed by atoms with Gasteiger partial charge in [0.25, 0.3) is 0 Å². The van der Waals surface area contributed by atoms with Crippen molar-refractivity contribution in [2.24, 2.45) is 0 Å². The van der Waals surface area contributed by atoms with Crippen molar-refractivity contribution in [3.8, 4) is 27.9 Å². The van der Waals surface area contributed by atoms with Gasteiger partial charge in [0, 0.05) is 32.9 Å². The highest BCUT2D eigenvalue weighted by molar-refractivity contribution is 6.27. The van der Waals surface area contributed by atoms with Gasteiger partial charge in [0.2, 0.25) is 0 Å². The minimum Gasteiger partial charge on any atom is -0.310 e. The molecule has 0 radical (unpaired) electrons. The molecule has 348 valence electrons. The average molecular weight is 911 g/mol. The van der Waals surface area contributed by atoms with E-state index in [-0.39, 0.29) is 21.7 Å². The molecule has 0 spiro atoms. The van der Waals surface area contributed by atoms with E-state index in [1.165, 1.54) is 116 Å². The van der Waals surface area contributed by atoms with Crippen LogP contribution in [0, 0.1) is 0 Å². The molecule has 0 N–H and O–H groups in total. The summed E-state index contributed by atoms with van der Waals surface area (Å²) in [4.78, 5) is 2.52. The van der Waals surface area contributed by atoms with Crippen molar-refractivity contribution in [3.63, 3.8) is 0 Å². The van der Waals surface area contributed by atoms with Crippen molar-refractivity contribution in [2.45, 2.75) is 105 Å². The van der Waals surface area contributed by atoms with E-state index in [0.29, 0.717) is 0 Å². The Kier molecular flexibility index (Phi) is 10.5. The van der Waals surface area contributed by atoms with Gasteiger partial charge in [-0.1, -0.05) is 198 Å². The van der Waals surface area contributed by atoms with Crippen molar-refractivity contribution < 1.29 is 0 Å². The van der Waals surface area contributed by atoms with Crippen molar-refractivity contribution in [1.29, 1.82) is 0 Å². The number of rotatable bonds is 6. The third kappa shape index (κ3) is 7.83. The molecular formula is C68H66N2. The van der Waals surface area contributed by atoms with Crippen LogP contribution in [0.1, 0.15) is 105 Å². The Bertz CT molecular complexity index is 3680. The number of nitrogens with zero attached hydrogens (tertiary/aromatic N) is 2. The maximum atomic E-state index is 2.53. The molecule has 0 saturated carbocycles. The molecule has 11 aromatic rings. The second kappa shape index (κ2) is 16.2. The molecule has 0 fully saturated rings. The van der Waals surface area contributed by atoms with Crippen LogP contribution in [-0.4, -0.2) is 4.57 Å². The monoisotopic (exact) mass is 911 g/mol. The highest BCUT2D eigenvalue weighted by Crippen LogP contribution is 2.48. The van der Waals surface area contributed by atoms with Crippen LogP contribution in [0.5, 0.6) is 0 Å². The van der Waals surface area contributed by atoms with Crippen LogP contribution in [0.2, 0.25) is 0 Å². The Morgan fingerprint density at radius 1 is 0.314 bits per heavy atom. The molecule has 2 heteroatoms. The molecule has 0 atom stereocenters. The van der Waals surface area contributed by atoms with Crippen molar-refractivity contribution in [2.75, 3.05) is 4.90 Å². The lowest BCUT2D eigenvalue weighted by Crippen LogP contribution is -2.19. The zero-order chi connectivity index (χ0) is 49.1. The molecule has 0 bridgehead atoms. The number of hydrogen-bond acceptors (Lipinski definition) is 1. The Morgan fingerprint density at radius 3 is 1.33 bits per heavy atom. The van der Waals surface area contributed by atoms with Gasteiger partial charge < -0.3 is 9.47 Å². The summed E-state index contributed by atoms with van der Waals surface area (Å²) in [5.41, 5.74) is 17.3. The molecule has 1 heterocycles. The lowest BCUT2D eigenvalue weighted by molar-refractivity contribution is 0.569. The summed E-state index contributed by atoms with van der Waals surface area (Å²) in [5, 5.41) is 10.2. The summed E-state index contributed by atoms with van der Waals surface area (Å²) in [5.74, 6) is 0. The van der Waals surface area contributed by atoms with E-state index < -0.39 is 0 Å². The molecule has 0 amide bonds. The number of aromatic nitrogens is 1. The van der Waals surface area contributed by atoms with Gasteiger partial charge in [-0.05, 0) is 154 Å². The molecule has 0 unspecified atom stereocenters. The summed E-state index contributed by atoms with van der Waals surface area (Å²) in [6.07, 6.45) is 0. The summed E-state index contributed by atoms with van der Waals surface area (Å²) in [6.45, 7) is 27.9. The molecule has 10 aromatic carbocycles. The second-order valence-corrected chi connectivity index (χ2v) is 24.0. The lowest BCUT2D eigenvalue weighted by Gasteiger charge is -2.32. The van der Waals surface area contributed by atoms with Gasteiger partial charge in [-0.25, -0.2) is 0 Å². The minimum absolute atomic E-state index is 0.0295. The van der Waals surface area contributed by atoms with E-state index in [1.54, 1.807) is 0 Å². The molecular weight excluding hydrogens is 845 g/mol. The third-order valence-corrected chi connectivity index (χ3v) is 14.9. The molecule has 0 aliphatic rings. The van der Waals surface area contributed by atoms with Crippen LogP contribution < -0.4 is 4.90 Å². The first-order valence-corrected chi connectivity index (χ1v) is 25.2. The van der Waals surface area contributed by atoms with Gasteiger partial charge >= 0.3 is 0 Å². The maximum absolute atomic E-state index is 2.53. The van der Waals surface area contributed by atoms with Crippen LogP contribution in [0.15, 0.2) is 182 Å². The highest BCUT2D eigenvalue weighted by Gasteiger charge is 2.27. The summed E-state index contributed by atoms with van der Waals surface area (Å²) >= 11 is 0. The summed E-state index contributed by atoms with van der Waals surface area (Å²) in [7, 11) is 0. The fraction of sp³-hybridized carbons (Fsp3) is 0.235. The highest BCUT2D eigenvalue weighted by atomic mass is 15.1. The molecule has 0 aliphatic carbocycles. The van der Waals surface area contributed by atoms with Crippen molar-refractivity contribution >= 4 is 71.2 Å². The van der Waals surface area contributed by atoms with E-state index in [9.17, 15) is 0 Å². The van der Waals surface area contributed by atoms with Crippen LogP contribution in [0.25, 0.3) is 82.1 Å². The number of hydrogen-bond donors (Lipinski definition) is 0. The van der Waals surface area contributed by atoms with Crippen LogP contribution >= 0.6 is 0 Å². The van der Waals surface area contributed by atoms with Gasteiger partial charge in [0.1, 0.15) is 0 Å². The third-order valence-electron chi connectivity index (χ3n) is 14.9. The van der Waals surface area contributed by atoms with Gasteiger partial charge in [-0.15, -0.1) is 0 Å². The Labute approximate surface area is 415 Å². The number of benzene rings is 10. The van der Waals surface area contributed by atoms with Gasteiger partial charge in [0.15, 0.2) is 0 Å². The van der Waals surface area contributed by atoms with E-state index in [1.807, 2.05) is 0 Å². The molecule has 70 heavy (non-hydrogen) atoms. The van der Waals surface area contributed by atoms with E-state index in [4.69, 9.17) is 0 Å². The minimum atomic E-state index is -0.0518. The smallest absolute Gasteiger partial charge is 0.0541 e. The van der Waals surface area contributed by atoms with Gasteiger partial charge in [0.05, 0.1) is 22.4 Å². The fourth-order valence-corrected chi connectivity index (χ4v) is 10.7. The average Bonchev–Trinajstić information content (AvgIpc) is 3.66. The van der Waals surface area contributed by atoms with E-state index in [2.05, 4.69) is 275 Å². The van der Waals surface area contributed by atoms with E-state index in [0.717, 1.165) is 5.69 Å². The summed E-state index contributed by atoms with van der Waals surface area (Å²) < 4.78 is 2.53. The maximum Gasteiger partial charge on any atom is 0.0541 e. The topological polar surface area (TPSA) is 8.17 Å². The molecule has 0 aliphatic heterocycles. The Hall–Kier alpha value is -7.16. The largest absolute Gasteiger partial charge is 0.310 e. The van der Waals surface area contributed by atoms with Crippen molar-refractivity contribution in [1.82, 2.24) is 4.57 Å². The zero-order valence-corrected chi connectivity index (χ0v) is 43.2. The number of fused-ring (bicyclic) bond motifs is 3. The van der Waals surface area contributed by atoms with Crippen molar-refractivity contribution in [3.05, 3.63) is 204 Å². The quantitative estimate of drug-likeness (QED) is 0.151. The molecule has 1 aromatic heterocycles. The van der Waals surface area contributed by atoms with Crippen LogP contribution in [-0.2, 0) is 21.7 Å². The zero-order valence-electron chi connectivity index (χ0n) is 43.2. The predicted molar refractivity (Wildman–Crippen MR) is 305 cm³/mol. The Morgan fingerprint density at radius 2 is 0.786 bits per heavy atom. The van der Waals surface area contributed by atoms with Crippen LogP contribution in [0.3, 0.4) is 0 Å². The van der Waals surface area contributed by atoms with E-state index >= 15 is 0 Å². The first kappa shape index (κ1) is 45.3. The predicted octanol–water partition coefficient (Wildman–Crippen LogP) is 19.7. The van der Waals surface area contributed by atoms with Gasteiger partial charge in [-0.3, -0.25) is 0 Å². The Balaban J connectivity index is 1.14. The van der Waals surface area contributed by atoms with Crippen LogP contribution in [0.4, 0.5) is 17.1 Å². The fourth-order valence-electron chi connectivity index (χ4n) is 10.7. The summed E-state index contributed by atoms with van der Waals surface area (Å²) in [6, 6.07) is 69.3. The number of anilines is 3. The first-order valence-electron chi connectivity index (χ1n) is 25.2. The standard InChI is InChI=1S/C68H66N2/c1-65(2,3)49-27-35-61-57(41-49)58-42-50(66(4,5)6)28-36-62(58)70(61)60-34-26-46-23-31-55-59(33-25-45-24-32-56(60)64(46)63(45)55)69(54-39-51(67(7,8)9)38-52(40-54)68(10,11)12)53-29-21-44(22-30-53)48-20-16-19-47(37-48)43-17-14-13-15-18-43/h13-42H,1-12H3. The normalized spacial score (nSPS) is 12.9. The molecule has 0 saturated heterocycles. The molecule has 2 nitrogen and oxygen atoms in total. The first-order chi connectivity index (χ1) is 33.2. The SMILES string of the molecule is CC(C)(C)c1cc(N(c2ccc(-c3cccc(-c4ccccc4)c3)cc2)c2ccc3ccc4c(-n5c6ccc(C(C)(C)C)cc6c6cc(C(C)(C)C)ccc65)ccc5ccc2c3c54)cc(C(C)(C)C)c1. The second-order valence-electron chi connectivity index (χ2n) is 24.0. The molecule has 11 rings (SSSR count).